The summed E-state index contributed by atoms with van der Waals surface area (Å²) in [5.74, 6) is 1.74. The maximum atomic E-state index is 11.7. The van der Waals surface area contributed by atoms with Gasteiger partial charge in [-0.25, -0.2) is 0 Å². The molecule has 0 heterocycles. The summed E-state index contributed by atoms with van der Waals surface area (Å²) in [6, 6.07) is 0. The Hall–Kier alpha value is -0.330. The van der Waals surface area contributed by atoms with Crippen LogP contribution in [0.1, 0.15) is 39.5 Å². The molecule has 62 valence electrons. The molecule has 0 amide bonds. The van der Waals surface area contributed by atoms with Crippen molar-refractivity contribution in [2.24, 2.45) is 17.3 Å². The van der Waals surface area contributed by atoms with Gasteiger partial charge >= 0.3 is 0 Å². The lowest BCUT2D eigenvalue weighted by Gasteiger charge is -2.23. The molecule has 0 spiro atoms. The van der Waals surface area contributed by atoms with E-state index in [0.717, 1.165) is 18.8 Å². The number of Topliss-reactive ketones (excluding diaryl/α,β-unsaturated/α-hetero) is 1. The first kappa shape index (κ1) is 7.33. The lowest BCUT2D eigenvalue weighted by molar-refractivity contribution is -0.130. The van der Waals surface area contributed by atoms with Crippen molar-refractivity contribution < 1.29 is 4.79 Å². The van der Waals surface area contributed by atoms with Gasteiger partial charge in [0.2, 0.25) is 0 Å². The largest absolute Gasteiger partial charge is 0.299 e. The van der Waals surface area contributed by atoms with Crippen molar-refractivity contribution in [3.8, 4) is 0 Å². The van der Waals surface area contributed by atoms with Gasteiger partial charge in [-0.05, 0) is 31.6 Å². The molecule has 3 unspecified atom stereocenters. The molecule has 0 aromatic carbocycles. The fraction of sp³-hybridized carbons (Fsp3) is 0.900. The van der Waals surface area contributed by atoms with Gasteiger partial charge in [0.1, 0.15) is 5.78 Å². The molecule has 0 aromatic rings. The Balaban J connectivity index is 2.26. The van der Waals surface area contributed by atoms with Crippen LogP contribution in [-0.2, 0) is 4.79 Å². The van der Waals surface area contributed by atoms with E-state index in [1.165, 1.54) is 12.8 Å². The van der Waals surface area contributed by atoms with Crippen LogP contribution >= 0.6 is 0 Å². The minimum absolute atomic E-state index is 0.103. The van der Waals surface area contributed by atoms with Gasteiger partial charge in [0.25, 0.3) is 0 Å². The summed E-state index contributed by atoms with van der Waals surface area (Å²) in [6.45, 7) is 4.30. The molecule has 2 bridgehead atoms. The molecular formula is C10H16O. The van der Waals surface area contributed by atoms with E-state index in [1.807, 2.05) is 0 Å². The highest BCUT2D eigenvalue weighted by Gasteiger charge is 2.53. The van der Waals surface area contributed by atoms with Gasteiger partial charge in [0, 0.05) is 11.3 Å². The first-order chi connectivity index (χ1) is 5.17. The lowest BCUT2D eigenvalue weighted by Crippen LogP contribution is -2.28. The second-order valence-corrected chi connectivity index (χ2v) is 4.44. The van der Waals surface area contributed by atoms with Gasteiger partial charge in [0.05, 0.1) is 0 Å². The van der Waals surface area contributed by atoms with Crippen LogP contribution in [0.2, 0.25) is 0 Å². The van der Waals surface area contributed by atoms with Crippen LogP contribution in [0.4, 0.5) is 0 Å². The Morgan fingerprint density at radius 3 is 2.73 bits per heavy atom. The van der Waals surface area contributed by atoms with E-state index in [9.17, 15) is 4.79 Å². The van der Waals surface area contributed by atoms with Crippen LogP contribution in [-0.4, -0.2) is 5.78 Å². The van der Waals surface area contributed by atoms with Crippen LogP contribution in [0.3, 0.4) is 0 Å². The summed E-state index contributed by atoms with van der Waals surface area (Å²) >= 11 is 0. The fourth-order valence-electron chi connectivity index (χ4n) is 3.03. The third kappa shape index (κ3) is 0.800. The maximum absolute atomic E-state index is 11.7. The molecule has 11 heavy (non-hydrogen) atoms. The third-order valence-corrected chi connectivity index (χ3v) is 3.72. The standard InChI is InChI=1S/C10H16O/c1-3-8-7-4-5-10(2,6-7)9(8)11/h7-8H,3-6H2,1-2H3. The maximum Gasteiger partial charge on any atom is 0.142 e. The van der Waals surface area contributed by atoms with E-state index < -0.39 is 0 Å². The highest BCUT2D eigenvalue weighted by atomic mass is 16.1. The van der Waals surface area contributed by atoms with Gasteiger partial charge in [0.15, 0.2) is 0 Å². The molecule has 0 saturated heterocycles. The molecular weight excluding hydrogens is 136 g/mol. The van der Waals surface area contributed by atoms with Crippen molar-refractivity contribution in [2.45, 2.75) is 39.5 Å². The highest BCUT2D eigenvalue weighted by molar-refractivity contribution is 5.90. The third-order valence-electron chi connectivity index (χ3n) is 3.72. The minimum atomic E-state index is 0.103. The van der Waals surface area contributed by atoms with E-state index in [2.05, 4.69) is 13.8 Å². The lowest BCUT2D eigenvalue weighted by atomic mass is 9.79. The molecule has 2 fully saturated rings. The van der Waals surface area contributed by atoms with Crippen molar-refractivity contribution in [3.63, 3.8) is 0 Å². The molecule has 2 aliphatic carbocycles. The molecule has 0 aromatic heterocycles. The molecule has 2 rings (SSSR count). The first-order valence-corrected chi connectivity index (χ1v) is 4.72. The molecule has 0 radical (unpaired) electrons. The van der Waals surface area contributed by atoms with Crippen molar-refractivity contribution in [1.29, 1.82) is 0 Å². The van der Waals surface area contributed by atoms with Crippen LogP contribution in [0, 0.1) is 17.3 Å². The molecule has 1 nitrogen and oxygen atoms in total. The van der Waals surface area contributed by atoms with Gasteiger partial charge in [-0.1, -0.05) is 13.8 Å². The zero-order valence-electron chi connectivity index (χ0n) is 7.39. The number of ketones is 1. The number of hydrogen-bond donors (Lipinski definition) is 0. The minimum Gasteiger partial charge on any atom is -0.299 e. The van der Waals surface area contributed by atoms with E-state index >= 15 is 0 Å². The molecule has 1 heteroatoms. The Kier molecular flexibility index (Phi) is 1.39. The average molecular weight is 152 g/mol. The first-order valence-electron chi connectivity index (χ1n) is 4.72. The summed E-state index contributed by atoms with van der Waals surface area (Å²) in [7, 11) is 0. The van der Waals surface area contributed by atoms with Crippen molar-refractivity contribution in [2.75, 3.05) is 0 Å². The number of hydrogen-bond acceptors (Lipinski definition) is 1. The van der Waals surface area contributed by atoms with E-state index in [0.29, 0.717) is 11.7 Å². The van der Waals surface area contributed by atoms with Crippen molar-refractivity contribution >= 4 is 5.78 Å². The topological polar surface area (TPSA) is 17.1 Å². The summed E-state index contributed by atoms with van der Waals surface area (Å²) in [5, 5.41) is 0. The molecule has 3 atom stereocenters. The SMILES string of the molecule is CCC1C(=O)C2(C)CCC1C2. The summed E-state index contributed by atoms with van der Waals surface area (Å²) in [4.78, 5) is 11.7. The van der Waals surface area contributed by atoms with Gasteiger partial charge < -0.3 is 0 Å². The second-order valence-electron chi connectivity index (χ2n) is 4.44. The molecule has 2 saturated carbocycles. The molecule has 0 N–H and O–H groups in total. The van der Waals surface area contributed by atoms with Crippen LogP contribution in [0.15, 0.2) is 0 Å². The zero-order chi connectivity index (χ0) is 8.06. The molecule has 0 aliphatic heterocycles. The van der Waals surface area contributed by atoms with E-state index in [-0.39, 0.29) is 5.41 Å². The monoisotopic (exact) mass is 152 g/mol. The average Bonchev–Trinajstić information content (AvgIpc) is 2.43. The Labute approximate surface area is 68.2 Å². The van der Waals surface area contributed by atoms with Gasteiger partial charge in [-0.3, -0.25) is 4.79 Å². The quantitative estimate of drug-likeness (QED) is 0.564. The van der Waals surface area contributed by atoms with Gasteiger partial charge in [-0.2, -0.15) is 0 Å². The Morgan fingerprint density at radius 2 is 2.36 bits per heavy atom. The van der Waals surface area contributed by atoms with Crippen LogP contribution < -0.4 is 0 Å². The summed E-state index contributed by atoms with van der Waals surface area (Å²) < 4.78 is 0. The summed E-state index contributed by atoms with van der Waals surface area (Å²) in [5.41, 5.74) is 0.103. The zero-order valence-corrected chi connectivity index (χ0v) is 7.39. The summed E-state index contributed by atoms with van der Waals surface area (Å²) in [6.07, 6.45) is 4.72. The number of carbonyl (C=O) groups excluding carboxylic acids is 1. The van der Waals surface area contributed by atoms with Crippen LogP contribution in [0.5, 0.6) is 0 Å². The smallest absolute Gasteiger partial charge is 0.142 e. The second kappa shape index (κ2) is 2.09. The van der Waals surface area contributed by atoms with Crippen molar-refractivity contribution in [1.82, 2.24) is 0 Å². The predicted molar refractivity (Wildman–Crippen MR) is 44.2 cm³/mol. The Bertz CT molecular complexity index is 197. The highest BCUT2D eigenvalue weighted by Crippen LogP contribution is 2.54. The van der Waals surface area contributed by atoms with Gasteiger partial charge in [-0.15, -0.1) is 0 Å². The Morgan fingerprint density at radius 1 is 1.64 bits per heavy atom. The number of fused-ring (bicyclic) bond motifs is 2. The molecule has 2 aliphatic rings. The van der Waals surface area contributed by atoms with Crippen molar-refractivity contribution in [3.05, 3.63) is 0 Å². The normalized spacial score (nSPS) is 48.7. The van der Waals surface area contributed by atoms with E-state index in [1.54, 1.807) is 0 Å². The van der Waals surface area contributed by atoms with Crippen LogP contribution in [0.25, 0.3) is 0 Å². The number of rotatable bonds is 1. The number of carbonyl (C=O) groups is 1. The fourth-order valence-corrected chi connectivity index (χ4v) is 3.03. The van der Waals surface area contributed by atoms with E-state index in [4.69, 9.17) is 0 Å². The predicted octanol–water partition coefficient (Wildman–Crippen LogP) is 2.40.